The number of nitriles is 1. The second kappa shape index (κ2) is 21.4. The summed E-state index contributed by atoms with van der Waals surface area (Å²) in [5.41, 5.74) is 10.9. The lowest BCUT2D eigenvalue weighted by molar-refractivity contribution is -0.131. The van der Waals surface area contributed by atoms with Crippen LogP contribution in [0.1, 0.15) is 67.0 Å². The minimum atomic E-state index is -1.03. The number of hydrogen-bond donors (Lipinski definition) is 4. The van der Waals surface area contributed by atoms with E-state index in [0.717, 1.165) is 116 Å². The number of anilines is 4. The lowest BCUT2D eigenvalue weighted by Gasteiger charge is -2.43. The molecule has 1 aromatic heterocycles. The Bertz CT molecular complexity index is 2910. The van der Waals surface area contributed by atoms with Gasteiger partial charge in [0.1, 0.15) is 23.2 Å². The number of nitrogens with one attached hydrogen (secondary N) is 1. The van der Waals surface area contributed by atoms with E-state index in [2.05, 4.69) is 61.4 Å². The van der Waals surface area contributed by atoms with Crippen LogP contribution in [0.5, 0.6) is 11.5 Å². The molecule has 18 heteroatoms. The molecule has 16 nitrogen and oxygen atoms in total. The van der Waals surface area contributed by atoms with Gasteiger partial charge in [0.15, 0.2) is 5.83 Å². The molecule has 0 bridgehead atoms. The Morgan fingerprint density at radius 1 is 0.917 bits per heavy atom. The van der Waals surface area contributed by atoms with Crippen LogP contribution in [0.25, 0.3) is 10.8 Å². The quantitative estimate of drug-likeness (QED) is 0.0540. The van der Waals surface area contributed by atoms with Crippen LogP contribution < -0.4 is 25.3 Å². The predicted octanol–water partition coefficient (Wildman–Crippen LogP) is 7.74. The molecule has 0 radical (unpaired) electrons. The summed E-state index contributed by atoms with van der Waals surface area (Å²) in [5, 5.41) is 42.3. The van der Waals surface area contributed by atoms with Crippen molar-refractivity contribution >= 4 is 63.3 Å². The second-order valence-electron chi connectivity index (χ2n) is 19.7. The summed E-state index contributed by atoms with van der Waals surface area (Å²) in [6, 6.07) is 23.1. The first-order valence-corrected chi connectivity index (χ1v) is 25.2. The van der Waals surface area contributed by atoms with Crippen molar-refractivity contribution in [2.75, 3.05) is 91.6 Å². The van der Waals surface area contributed by atoms with Gasteiger partial charge in [0.2, 0.25) is 5.95 Å². The third-order valence-electron chi connectivity index (χ3n) is 14.8. The maximum Gasteiger partial charge on any atom is 0.325 e. The predicted molar refractivity (Wildman–Crippen MR) is 280 cm³/mol. The standard InChI is InChI=1S/C54H62ClFN12O4/c1-34(2)42-28-43(48(70)29-47(42)69)50(58)68(53(59)72)39-12-10-36(11-13-39)30-62-22-24-63(25-23-62)31-37-15-19-64(20-16-37)54-60-45-33-65(46-9-5-7-38-6-4-8-44(55)49(38)46)21-17-41(45)51(61-54)66-26-27-67(52(71)35(3)56)40(32-66)14-18-57/h4-13,28-29,34,37,40,58,69-70H,3,14-17,19-27,30-33H2,1-2H3,(H2,59,72)/t40-/m0/s1. The van der Waals surface area contributed by atoms with E-state index in [-0.39, 0.29) is 41.8 Å². The van der Waals surface area contributed by atoms with E-state index in [4.69, 9.17) is 32.7 Å². The van der Waals surface area contributed by atoms with Gasteiger partial charge in [-0.05, 0) is 77.9 Å². The van der Waals surface area contributed by atoms with Crippen molar-refractivity contribution in [3.63, 3.8) is 0 Å². The molecule has 1 atom stereocenters. The molecule has 0 spiro atoms. The largest absolute Gasteiger partial charge is 0.508 e. The van der Waals surface area contributed by atoms with Crippen LogP contribution in [0, 0.1) is 22.7 Å². The fourth-order valence-electron chi connectivity index (χ4n) is 10.8. The number of phenolic OH excluding ortho intramolecular Hbond substituents is 2. The van der Waals surface area contributed by atoms with Crippen molar-refractivity contribution in [2.24, 2.45) is 11.7 Å². The Labute approximate surface area is 424 Å². The van der Waals surface area contributed by atoms with Crippen LogP contribution in [0.4, 0.5) is 32.3 Å². The zero-order valence-corrected chi connectivity index (χ0v) is 41.7. The summed E-state index contributed by atoms with van der Waals surface area (Å²) < 4.78 is 14.1. The molecule has 9 rings (SSSR count). The van der Waals surface area contributed by atoms with Gasteiger partial charge in [-0.2, -0.15) is 10.2 Å². The summed E-state index contributed by atoms with van der Waals surface area (Å²) in [4.78, 5) is 50.3. The van der Waals surface area contributed by atoms with Crippen molar-refractivity contribution in [3.8, 4) is 17.6 Å². The van der Waals surface area contributed by atoms with Crippen LogP contribution in [-0.4, -0.2) is 131 Å². The van der Waals surface area contributed by atoms with Crippen molar-refractivity contribution in [2.45, 2.75) is 64.6 Å². The van der Waals surface area contributed by atoms with E-state index in [1.54, 1.807) is 12.1 Å². The Morgan fingerprint density at radius 3 is 2.31 bits per heavy atom. The number of phenols is 2. The number of piperidine rings is 1. The molecule has 0 saturated carbocycles. The van der Waals surface area contributed by atoms with Gasteiger partial charge in [-0.3, -0.25) is 15.1 Å². The third kappa shape index (κ3) is 10.5. The van der Waals surface area contributed by atoms with Crippen molar-refractivity contribution in [1.29, 1.82) is 10.7 Å². The molecule has 4 aliphatic rings. The average molecular weight is 998 g/mol. The molecular weight excluding hydrogens is 935 g/mol. The maximum absolute atomic E-state index is 14.1. The molecule has 4 aliphatic heterocycles. The third-order valence-corrected chi connectivity index (χ3v) is 15.1. The molecule has 0 aliphatic carbocycles. The van der Waals surface area contributed by atoms with E-state index in [1.165, 1.54) is 17.0 Å². The zero-order valence-electron chi connectivity index (χ0n) is 40.9. The Hall–Kier alpha value is -7.00. The summed E-state index contributed by atoms with van der Waals surface area (Å²) in [6.45, 7) is 16.4. The number of carbonyl (C=O) groups excluding carboxylic acids is 2. The van der Waals surface area contributed by atoms with Gasteiger partial charge in [0.05, 0.1) is 47.0 Å². The first kappa shape index (κ1) is 50.0. The van der Waals surface area contributed by atoms with Crippen LogP contribution in [0.3, 0.4) is 0 Å². The fourth-order valence-corrected chi connectivity index (χ4v) is 11.1. The molecule has 376 valence electrons. The van der Waals surface area contributed by atoms with Crippen molar-refractivity contribution < 1.29 is 24.2 Å². The summed E-state index contributed by atoms with van der Waals surface area (Å²) in [5.74, 6) is -0.559. The Balaban J connectivity index is 0.837. The fraction of sp³-hybridized carbons (Fsp3) is 0.407. The summed E-state index contributed by atoms with van der Waals surface area (Å²) >= 11 is 6.82. The summed E-state index contributed by atoms with van der Waals surface area (Å²) in [6.07, 6.45) is 2.73. The number of hydrogen-bond acceptors (Lipinski definition) is 13. The van der Waals surface area contributed by atoms with Gasteiger partial charge in [-0.15, -0.1) is 0 Å². The number of carbonyl (C=O) groups is 2. The van der Waals surface area contributed by atoms with Crippen LogP contribution in [-0.2, 0) is 24.3 Å². The molecule has 5 N–H and O–H groups in total. The van der Waals surface area contributed by atoms with Crippen LogP contribution in [0.15, 0.2) is 85.2 Å². The van der Waals surface area contributed by atoms with Crippen molar-refractivity contribution in [1.82, 2.24) is 24.7 Å². The van der Waals surface area contributed by atoms with Crippen LogP contribution >= 0.6 is 11.6 Å². The monoisotopic (exact) mass is 996 g/mol. The van der Waals surface area contributed by atoms with E-state index in [0.29, 0.717) is 54.2 Å². The first-order chi connectivity index (χ1) is 34.7. The number of aromatic nitrogens is 2. The number of primary amides is 1. The second-order valence-corrected chi connectivity index (χ2v) is 20.1. The minimum absolute atomic E-state index is 0.0612. The van der Waals surface area contributed by atoms with Crippen molar-refractivity contribution in [3.05, 3.63) is 118 Å². The number of urea groups is 1. The molecule has 0 unspecified atom stereocenters. The molecule has 5 aromatic rings. The minimum Gasteiger partial charge on any atom is -0.508 e. The van der Waals surface area contributed by atoms with Gasteiger partial charge < -0.3 is 40.4 Å². The number of nitrogens with zero attached hydrogens (tertiary/aromatic N) is 10. The number of rotatable bonds is 12. The van der Waals surface area contributed by atoms with E-state index < -0.39 is 23.8 Å². The smallest absolute Gasteiger partial charge is 0.325 e. The number of amides is 3. The SMILES string of the molecule is C=C(F)C(=O)N1CCN(c2nc(N3CCC(CN4CCN(Cc5ccc(N(C(=N)c6cc(C(C)C)c(O)cc6O)C(N)=O)cc5)CC4)CC3)nc3c2CCN(c2cccc4cccc(Cl)c24)C3)C[C@@H]1CC#N. The highest BCUT2D eigenvalue weighted by molar-refractivity contribution is 6.36. The molecule has 3 fully saturated rings. The van der Waals surface area contributed by atoms with E-state index >= 15 is 0 Å². The number of piperazine rings is 2. The number of aromatic hydroxyl groups is 2. The van der Waals surface area contributed by atoms with Gasteiger partial charge in [-0.1, -0.05) is 68.4 Å². The Morgan fingerprint density at radius 2 is 1.62 bits per heavy atom. The van der Waals surface area contributed by atoms with Gasteiger partial charge in [0.25, 0.3) is 5.91 Å². The average Bonchev–Trinajstić information content (AvgIpc) is 3.36. The molecule has 3 saturated heterocycles. The molecule has 4 aromatic carbocycles. The summed E-state index contributed by atoms with van der Waals surface area (Å²) in [7, 11) is 0. The normalized spacial score (nSPS) is 18.0. The number of benzene rings is 4. The van der Waals surface area contributed by atoms with Gasteiger partial charge >= 0.3 is 6.03 Å². The molecule has 3 amide bonds. The number of fused-ring (bicyclic) bond motifs is 2. The van der Waals surface area contributed by atoms with E-state index in [9.17, 15) is 29.5 Å². The highest BCUT2D eigenvalue weighted by atomic mass is 35.5. The van der Waals surface area contributed by atoms with Gasteiger partial charge in [0, 0.05) is 101 Å². The van der Waals surface area contributed by atoms with Crippen LogP contribution in [0.2, 0.25) is 5.02 Å². The molecular formula is C54H62ClFN12O4. The van der Waals surface area contributed by atoms with E-state index in [1.807, 2.05) is 38.1 Å². The lowest BCUT2D eigenvalue weighted by Crippen LogP contribution is -2.56. The first-order valence-electron chi connectivity index (χ1n) is 24.8. The maximum atomic E-state index is 14.1. The zero-order chi connectivity index (χ0) is 50.8. The topological polar surface area (TPSA) is 197 Å². The lowest BCUT2D eigenvalue weighted by atomic mass is 9.96. The Kier molecular flexibility index (Phi) is 14.8. The highest BCUT2D eigenvalue weighted by Crippen LogP contribution is 2.39. The number of amidine groups is 1. The highest BCUT2D eigenvalue weighted by Gasteiger charge is 2.36. The van der Waals surface area contributed by atoms with Gasteiger partial charge in [-0.25, -0.2) is 19.1 Å². The number of halogens is 2. The number of nitrogens with two attached hydrogens (primary N) is 1. The molecule has 5 heterocycles. The molecule has 72 heavy (non-hydrogen) atoms.